The summed E-state index contributed by atoms with van der Waals surface area (Å²) in [5, 5.41) is 9.77. The number of carboxylic acids is 1. The van der Waals surface area contributed by atoms with Crippen LogP contribution in [-0.4, -0.2) is 21.8 Å². The SMILES string of the molecule is CC(C)CCSc1cc(C(=O)O)c(Cl)cn1. The van der Waals surface area contributed by atoms with Crippen molar-refractivity contribution in [3.05, 3.63) is 22.8 Å². The molecule has 0 spiro atoms. The maximum absolute atomic E-state index is 10.8. The largest absolute Gasteiger partial charge is 0.478 e. The minimum Gasteiger partial charge on any atom is -0.478 e. The van der Waals surface area contributed by atoms with E-state index >= 15 is 0 Å². The van der Waals surface area contributed by atoms with Gasteiger partial charge in [0, 0.05) is 6.20 Å². The number of nitrogens with zero attached hydrogens (tertiary/aromatic N) is 1. The van der Waals surface area contributed by atoms with Gasteiger partial charge in [-0.3, -0.25) is 0 Å². The number of pyridine rings is 1. The van der Waals surface area contributed by atoms with Crippen LogP contribution in [0.2, 0.25) is 5.02 Å². The molecule has 1 aromatic rings. The summed E-state index contributed by atoms with van der Waals surface area (Å²) in [5.74, 6) is 0.558. The fourth-order valence-electron chi connectivity index (χ4n) is 1.06. The number of hydrogen-bond acceptors (Lipinski definition) is 3. The van der Waals surface area contributed by atoms with Gasteiger partial charge in [-0.05, 0) is 24.2 Å². The van der Waals surface area contributed by atoms with Gasteiger partial charge in [0.1, 0.15) is 0 Å². The van der Waals surface area contributed by atoms with Gasteiger partial charge in [-0.2, -0.15) is 0 Å². The lowest BCUT2D eigenvalue weighted by atomic mass is 10.2. The third-order valence-electron chi connectivity index (χ3n) is 2.01. The molecule has 5 heteroatoms. The smallest absolute Gasteiger partial charge is 0.337 e. The molecule has 0 aliphatic heterocycles. The summed E-state index contributed by atoms with van der Waals surface area (Å²) in [4.78, 5) is 14.9. The van der Waals surface area contributed by atoms with Crippen LogP contribution in [0, 0.1) is 5.92 Å². The van der Waals surface area contributed by atoms with E-state index in [4.69, 9.17) is 16.7 Å². The van der Waals surface area contributed by atoms with Crippen LogP contribution in [0.15, 0.2) is 17.3 Å². The van der Waals surface area contributed by atoms with E-state index in [1.165, 1.54) is 12.3 Å². The Morgan fingerprint density at radius 1 is 1.62 bits per heavy atom. The monoisotopic (exact) mass is 259 g/mol. The molecule has 0 bridgehead atoms. The third kappa shape index (κ3) is 4.02. The minimum atomic E-state index is -1.02. The molecule has 16 heavy (non-hydrogen) atoms. The zero-order valence-corrected chi connectivity index (χ0v) is 10.8. The van der Waals surface area contributed by atoms with Gasteiger partial charge in [-0.1, -0.05) is 25.4 Å². The number of carbonyl (C=O) groups is 1. The highest BCUT2D eigenvalue weighted by molar-refractivity contribution is 7.99. The van der Waals surface area contributed by atoms with Gasteiger partial charge in [0.2, 0.25) is 0 Å². The van der Waals surface area contributed by atoms with Crippen molar-refractivity contribution in [2.24, 2.45) is 5.92 Å². The molecule has 0 saturated heterocycles. The standard InChI is InChI=1S/C11H14ClNO2S/c1-7(2)3-4-16-10-5-8(11(14)15)9(12)6-13-10/h5-7H,3-4H2,1-2H3,(H,14,15). The van der Waals surface area contributed by atoms with Crippen LogP contribution in [0.5, 0.6) is 0 Å². The average Bonchev–Trinajstić information content (AvgIpc) is 2.19. The fraction of sp³-hybridized carbons (Fsp3) is 0.455. The molecule has 0 aliphatic rings. The molecule has 0 aliphatic carbocycles. The fourth-order valence-corrected chi connectivity index (χ4v) is 2.37. The van der Waals surface area contributed by atoms with Crippen molar-refractivity contribution >= 4 is 29.3 Å². The number of halogens is 1. The van der Waals surface area contributed by atoms with Crippen LogP contribution in [-0.2, 0) is 0 Å². The van der Waals surface area contributed by atoms with E-state index in [0.29, 0.717) is 10.9 Å². The summed E-state index contributed by atoms with van der Waals surface area (Å²) in [6, 6.07) is 1.52. The van der Waals surface area contributed by atoms with Gasteiger partial charge in [-0.25, -0.2) is 9.78 Å². The Kier molecular flexibility index (Phi) is 5.09. The van der Waals surface area contributed by atoms with Crippen LogP contribution in [0.1, 0.15) is 30.6 Å². The van der Waals surface area contributed by atoms with Crippen molar-refractivity contribution < 1.29 is 9.90 Å². The second-order valence-electron chi connectivity index (χ2n) is 3.84. The molecule has 0 radical (unpaired) electrons. The zero-order valence-electron chi connectivity index (χ0n) is 9.24. The average molecular weight is 260 g/mol. The lowest BCUT2D eigenvalue weighted by Gasteiger charge is -2.05. The summed E-state index contributed by atoms with van der Waals surface area (Å²) < 4.78 is 0. The van der Waals surface area contributed by atoms with E-state index in [-0.39, 0.29) is 10.6 Å². The van der Waals surface area contributed by atoms with E-state index < -0.39 is 5.97 Å². The number of hydrogen-bond donors (Lipinski definition) is 1. The van der Waals surface area contributed by atoms with Crippen molar-refractivity contribution in [2.75, 3.05) is 5.75 Å². The zero-order chi connectivity index (χ0) is 12.1. The highest BCUT2D eigenvalue weighted by Gasteiger charge is 2.10. The van der Waals surface area contributed by atoms with Crippen LogP contribution in [0.4, 0.5) is 0 Å². The molecule has 88 valence electrons. The van der Waals surface area contributed by atoms with Gasteiger partial charge in [0.25, 0.3) is 0 Å². The molecule has 0 atom stereocenters. The normalized spacial score (nSPS) is 10.8. The Bertz CT molecular complexity index is 382. The highest BCUT2D eigenvalue weighted by Crippen LogP contribution is 2.23. The quantitative estimate of drug-likeness (QED) is 0.822. The highest BCUT2D eigenvalue weighted by atomic mass is 35.5. The number of rotatable bonds is 5. The molecular weight excluding hydrogens is 246 g/mol. The van der Waals surface area contributed by atoms with Gasteiger partial charge < -0.3 is 5.11 Å². The molecule has 0 fully saturated rings. The van der Waals surface area contributed by atoms with E-state index in [2.05, 4.69) is 18.8 Å². The van der Waals surface area contributed by atoms with E-state index in [1.54, 1.807) is 11.8 Å². The van der Waals surface area contributed by atoms with E-state index in [1.807, 2.05) is 0 Å². The maximum Gasteiger partial charge on any atom is 0.337 e. The molecule has 3 nitrogen and oxygen atoms in total. The lowest BCUT2D eigenvalue weighted by Crippen LogP contribution is -1.99. The first-order chi connectivity index (χ1) is 7.50. The van der Waals surface area contributed by atoms with Crippen LogP contribution >= 0.6 is 23.4 Å². The first-order valence-corrected chi connectivity index (χ1v) is 6.38. The Morgan fingerprint density at radius 3 is 2.88 bits per heavy atom. The molecule has 0 unspecified atom stereocenters. The van der Waals surface area contributed by atoms with E-state index in [9.17, 15) is 4.79 Å². The van der Waals surface area contributed by atoms with Crippen LogP contribution in [0.3, 0.4) is 0 Å². The predicted octanol–water partition coefficient (Wildman–Crippen LogP) is 3.57. The topological polar surface area (TPSA) is 50.2 Å². The predicted molar refractivity (Wildman–Crippen MR) is 66.4 cm³/mol. The summed E-state index contributed by atoms with van der Waals surface area (Å²) in [6.45, 7) is 4.30. The molecule has 0 saturated carbocycles. The Balaban J connectivity index is 2.68. The maximum atomic E-state index is 10.8. The number of aromatic nitrogens is 1. The second kappa shape index (κ2) is 6.11. The summed E-state index contributed by atoms with van der Waals surface area (Å²) in [7, 11) is 0. The van der Waals surface area contributed by atoms with Gasteiger partial charge in [0.15, 0.2) is 0 Å². The van der Waals surface area contributed by atoms with Gasteiger partial charge in [0.05, 0.1) is 15.6 Å². The van der Waals surface area contributed by atoms with Crippen molar-refractivity contribution in [1.29, 1.82) is 0 Å². The number of aromatic carboxylic acids is 1. The van der Waals surface area contributed by atoms with Crippen molar-refractivity contribution in [2.45, 2.75) is 25.3 Å². The molecule has 0 amide bonds. The summed E-state index contributed by atoms with van der Waals surface area (Å²) >= 11 is 7.28. The van der Waals surface area contributed by atoms with E-state index in [0.717, 1.165) is 12.2 Å². The number of carboxylic acid groups (broad SMARTS) is 1. The Hall–Kier alpha value is -0.740. The second-order valence-corrected chi connectivity index (χ2v) is 5.36. The first kappa shape index (κ1) is 13.3. The lowest BCUT2D eigenvalue weighted by molar-refractivity contribution is 0.0696. The number of thioether (sulfide) groups is 1. The van der Waals surface area contributed by atoms with Gasteiger partial charge >= 0.3 is 5.97 Å². The summed E-state index contributed by atoms with van der Waals surface area (Å²) in [5.41, 5.74) is 0.115. The molecule has 1 aromatic heterocycles. The molecular formula is C11H14ClNO2S. The van der Waals surface area contributed by atoms with Gasteiger partial charge in [-0.15, -0.1) is 11.8 Å². The van der Waals surface area contributed by atoms with Crippen molar-refractivity contribution in [3.63, 3.8) is 0 Å². The minimum absolute atomic E-state index is 0.115. The Morgan fingerprint density at radius 2 is 2.31 bits per heavy atom. The third-order valence-corrected chi connectivity index (χ3v) is 3.27. The molecule has 1 rings (SSSR count). The van der Waals surface area contributed by atoms with Crippen LogP contribution < -0.4 is 0 Å². The summed E-state index contributed by atoms with van der Waals surface area (Å²) in [6.07, 6.45) is 2.47. The van der Waals surface area contributed by atoms with Crippen molar-refractivity contribution in [3.8, 4) is 0 Å². The Labute approximate surface area is 104 Å². The molecule has 1 N–H and O–H groups in total. The van der Waals surface area contributed by atoms with Crippen LogP contribution in [0.25, 0.3) is 0 Å². The van der Waals surface area contributed by atoms with Crippen molar-refractivity contribution in [1.82, 2.24) is 4.98 Å². The molecule has 1 heterocycles. The molecule has 0 aromatic carbocycles. The first-order valence-electron chi connectivity index (χ1n) is 5.02.